The molecule has 0 spiro atoms. The molecule has 0 radical (unpaired) electrons. The molecular formula is C16H26N2O. The van der Waals surface area contributed by atoms with Gasteiger partial charge in [0.2, 0.25) is 0 Å². The first-order chi connectivity index (χ1) is 9.10. The third-order valence-corrected chi connectivity index (χ3v) is 3.98. The second-order valence-electron chi connectivity index (χ2n) is 5.69. The van der Waals surface area contributed by atoms with Gasteiger partial charge in [-0.3, -0.25) is 0 Å². The van der Waals surface area contributed by atoms with Crippen molar-refractivity contribution in [1.29, 1.82) is 0 Å². The predicted molar refractivity (Wildman–Crippen MR) is 81.2 cm³/mol. The van der Waals surface area contributed by atoms with E-state index in [-0.39, 0.29) is 0 Å². The minimum Gasteiger partial charge on any atom is -0.497 e. The van der Waals surface area contributed by atoms with Gasteiger partial charge in [-0.1, -0.05) is 0 Å². The molecule has 19 heavy (non-hydrogen) atoms. The quantitative estimate of drug-likeness (QED) is 0.887. The molecule has 2 unspecified atom stereocenters. The van der Waals surface area contributed by atoms with Crippen molar-refractivity contribution in [1.82, 2.24) is 5.32 Å². The molecule has 1 heterocycles. The standard InChI is InChI=1S/C16H26N2O/c1-12-11-15(19-4)5-6-16(12)18-9-7-13(2)17-14(3)8-10-18/h5-6,11,13-14,17H,7-10H2,1-4H3. The molecule has 0 amide bonds. The van der Waals surface area contributed by atoms with Gasteiger partial charge in [-0.05, 0) is 57.4 Å². The van der Waals surface area contributed by atoms with Crippen molar-refractivity contribution in [2.24, 2.45) is 0 Å². The Bertz CT molecular complexity index is 407. The average molecular weight is 262 g/mol. The highest BCUT2D eigenvalue weighted by molar-refractivity contribution is 5.55. The van der Waals surface area contributed by atoms with Gasteiger partial charge in [0.1, 0.15) is 5.75 Å². The fourth-order valence-corrected chi connectivity index (χ4v) is 2.81. The molecule has 2 rings (SSSR count). The van der Waals surface area contributed by atoms with Gasteiger partial charge in [0.25, 0.3) is 0 Å². The number of hydrogen-bond donors (Lipinski definition) is 1. The first-order valence-electron chi connectivity index (χ1n) is 7.26. The summed E-state index contributed by atoms with van der Waals surface area (Å²) in [6.07, 6.45) is 2.38. The van der Waals surface area contributed by atoms with Crippen molar-refractivity contribution in [3.05, 3.63) is 23.8 Å². The third-order valence-electron chi connectivity index (χ3n) is 3.98. The smallest absolute Gasteiger partial charge is 0.119 e. The Morgan fingerprint density at radius 1 is 1.16 bits per heavy atom. The number of benzene rings is 1. The van der Waals surface area contributed by atoms with Crippen LogP contribution in [0.4, 0.5) is 5.69 Å². The number of nitrogens with one attached hydrogen (secondary N) is 1. The molecule has 1 aromatic rings. The molecular weight excluding hydrogens is 236 g/mol. The zero-order chi connectivity index (χ0) is 13.8. The molecule has 106 valence electrons. The zero-order valence-electron chi connectivity index (χ0n) is 12.6. The summed E-state index contributed by atoms with van der Waals surface area (Å²) < 4.78 is 5.29. The molecule has 1 saturated heterocycles. The van der Waals surface area contributed by atoms with Crippen molar-refractivity contribution < 1.29 is 4.74 Å². The molecule has 0 saturated carbocycles. The van der Waals surface area contributed by atoms with Crippen LogP contribution in [-0.2, 0) is 0 Å². The van der Waals surface area contributed by atoms with E-state index < -0.39 is 0 Å². The lowest BCUT2D eigenvalue weighted by atomic mass is 10.1. The Balaban J connectivity index is 2.15. The molecule has 3 heteroatoms. The molecule has 0 aromatic heterocycles. The summed E-state index contributed by atoms with van der Waals surface area (Å²) in [5, 5.41) is 3.64. The van der Waals surface area contributed by atoms with E-state index in [1.165, 1.54) is 24.1 Å². The Labute approximate surface area is 116 Å². The van der Waals surface area contributed by atoms with Gasteiger partial charge in [0.15, 0.2) is 0 Å². The highest BCUT2D eigenvalue weighted by Crippen LogP contribution is 2.26. The molecule has 1 aliphatic rings. The van der Waals surface area contributed by atoms with Crippen molar-refractivity contribution >= 4 is 5.69 Å². The van der Waals surface area contributed by atoms with E-state index in [4.69, 9.17) is 4.74 Å². The van der Waals surface area contributed by atoms with E-state index in [1.807, 2.05) is 0 Å². The van der Waals surface area contributed by atoms with Crippen molar-refractivity contribution in [3.63, 3.8) is 0 Å². The largest absolute Gasteiger partial charge is 0.497 e. The van der Waals surface area contributed by atoms with Gasteiger partial charge in [-0.2, -0.15) is 0 Å². The second kappa shape index (κ2) is 6.29. The number of rotatable bonds is 2. The van der Waals surface area contributed by atoms with Crippen LogP contribution in [0.1, 0.15) is 32.3 Å². The lowest BCUT2D eigenvalue weighted by Gasteiger charge is -2.33. The third kappa shape index (κ3) is 3.63. The first-order valence-corrected chi connectivity index (χ1v) is 7.26. The highest BCUT2D eigenvalue weighted by Gasteiger charge is 2.17. The Morgan fingerprint density at radius 3 is 2.32 bits per heavy atom. The first kappa shape index (κ1) is 14.2. The van der Waals surface area contributed by atoms with Crippen LogP contribution in [0.2, 0.25) is 0 Å². The number of hydrogen-bond acceptors (Lipinski definition) is 3. The van der Waals surface area contributed by atoms with E-state index in [1.54, 1.807) is 7.11 Å². The van der Waals surface area contributed by atoms with Gasteiger partial charge >= 0.3 is 0 Å². The maximum Gasteiger partial charge on any atom is 0.119 e. The van der Waals surface area contributed by atoms with Gasteiger partial charge in [-0.25, -0.2) is 0 Å². The summed E-state index contributed by atoms with van der Waals surface area (Å²) >= 11 is 0. The van der Waals surface area contributed by atoms with E-state index in [9.17, 15) is 0 Å². The minimum atomic E-state index is 0.594. The molecule has 1 aromatic carbocycles. The normalized spacial score (nSPS) is 24.7. The van der Waals surface area contributed by atoms with Crippen LogP contribution in [0.5, 0.6) is 5.75 Å². The minimum absolute atomic E-state index is 0.594. The highest BCUT2D eigenvalue weighted by atomic mass is 16.5. The fourth-order valence-electron chi connectivity index (χ4n) is 2.81. The lowest BCUT2D eigenvalue weighted by molar-refractivity contribution is 0.403. The molecule has 0 aliphatic carbocycles. The topological polar surface area (TPSA) is 24.5 Å². The van der Waals surface area contributed by atoms with Crippen LogP contribution in [0.15, 0.2) is 18.2 Å². The van der Waals surface area contributed by atoms with Crippen molar-refractivity contribution in [2.45, 2.75) is 45.7 Å². The van der Waals surface area contributed by atoms with Gasteiger partial charge in [0.05, 0.1) is 7.11 Å². The Hall–Kier alpha value is -1.22. The molecule has 0 bridgehead atoms. The van der Waals surface area contributed by atoms with E-state index in [0.717, 1.165) is 18.8 Å². The predicted octanol–water partition coefficient (Wildman–Crippen LogP) is 2.97. The summed E-state index contributed by atoms with van der Waals surface area (Å²) in [5.41, 5.74) is 2.65. The summed E-state index contributed by atoms with van der Waals surface area (Å²) in [6, 6.07) is 7.57. The van der Waals surface area contributed by atoms with Crippen molar-refractivity contribution in [3.8, 4) is 5.75 Å². The molecule has 1 fully saturated rings. The summed E-state index contributed by atoms with van der Waals surface area (Å²) in [7, 11) is 1.72. The molecule has 3 nitrogen and oxygen atoms in total. The molecule has 1 N–H and O–H groups in total. The van der Waals surface area contributed by atoms with Crippen molar-refractivity contribution in [2.75, 3.05) is 25.1 Å². The zero-order valence-corrected chi connectivity index (χ0v) is 12.6. The number of ether oxygens (including phenoxy) is 1. The average Bonchev–Trinajstić information content (AvgIpc) is 2.37. The van der Waals surface area contributed by atoms with Crippen LogP contribution in [-0.4, -0.2) is 32.3 Å². The van der Waals surface area contributed by atoms with Crippen LogP contribution in [0.25, 0.3) is 0 Å². The van der Waals surface area contributed by atoms with E-state index in [0.29, 0.717) is 12.1 Å². The van der Waals surface area contributed by atoms with Crippen LogP contribution in [0.3, 0.4) is 0 Å². The molecule has 1 aliphatic heterocycles. The lowest BCUT2D eigenvalue weighted by Crippen LogP contribution is -2.43. The van der Waals surface area contributed by atoms with Crippen LogP contribution in [0, 0.1) is 6.92 Å². The number of nitrogens with zero attached hydrogens (tertiary/aromatic N) is 1. The Morgan fingerprint density at radius 2 is 1.79 bits per heavy atom. The number of aryl methyl sites for hydroxylation is 1. The van der Waals surface area contributed by atoms with Crippen LogP contribution >= 0.6 is 0 Å². The number of methoxy groups -OCH3 is 1. The Kier molecular flexibility index (Phi) is 4.70. The fraction of sp³-hybridized carbons (Fsp3) is 0.625. The van der Waals surface area contributed by atoms with Gasteiger partial charge in [-0.15, -0.1) is 0 Å². The SMILES string of the molecule is COc1ccc(N2CCC(C)NC(C)CC2)c(C)c1. The van der Waals surface area contributed by atoms with Gasteiger partial charge in [0, 0.05) is 30.9 Å². The van der Waals surface area contributed by atoms with Crippen LogP contribution < -0.4 is 15.0 Å². The second-order valence-corrected chi connectivity index (χ2v) is 5.69. The van der Waals surface area contributed by atoms with E-state index in [2.05, 4.69) is 49.2 Å². The number of anilines is 1. The van der Waals surface area contributed by atoms with E-state index >= 15 is 0 Å². The summed E-state index contributed by atoms with van der Waals surface area (Å²) in [4.78, 5) is 2.52. The summed E-state index contributed by atoms with van der Waals surface area (Å²) in [5.74, 6) is 0.941. The van der Waals surface area contributed by atoms with Gasteiger partial charge < -0.3 is 15.0 Å². The molecule has 2 atom stereocenters. The maximum atomic E-state index is 5.29. The summed E-state index contributed by atoms with van der Waals surface area (Å²) in [6.45, 7) is 8.96. The monoisotopic (exact) mass is 262 g/mol. The maximum absolute atomic E-state index is 5.29.